The Balaban J connectivity index is 1.26. The number of anilines is 3. The zero-order valence-corrected chi connectivity index (χ0v) is 30.6. The van der Waals surface area contributed by atoms with E-state index in [0.29, 0.717) is 11.3 Å². The summed E-state index contributed by atoms with van der Waals surface area (Å²) < 4.78 is 29.9. The van der Waals surface area contributed by atoms with Crippen LogP contribution >= 0.6 is 0 Å². The quantitative estimate of drug-likeness (QED) is 0.176. The highest BCUT2D eigenvalue weighted by molar-refractivity contribution is 6.19. The smallest absolute Gasteiger partial charge is 0.159 e. The molecule has 57 heavy (non-hydrogen) atoms. The van der Waals surface area contributed by atoms with Crippen LogP contribution in [0.15, 0.2) is 203 Å². The standard InChI is InChI=1S/C53H32FNO2/c54-43-24-9-10-25-45(43)55(46-26-14-21-37-35-19-7-11-27-47(35)56-51(37)46)44-32-30-40-49-39(44)22-13-23-41(49)53(33-15-3-1-4-16-33,34-17-5-2-6-18-34)42-31-29-38-36-20-8-12-28-48(36)57-52(38)50(40)42/h1-32H. The van der Waals surface area contributed by atoms with Crippen LogP contribution in [0.3, 0.4) is 0 Å². The van der Waals surface area contributed by atoms with Crippen molar-refractivity contribution in [2.45, 2.75) is 5.41 Å². The van der Waals surface area contributed by atoms with Crippen molar-refractivity contribution in [2.75, 3.05) is 4.90 Å². The lowest BCUT2D eigenvalue weighted by Crippen LogP contribution is -2.34. The van der Waals surface area contributed by atoms with E-state index in [2.05, 4.69) is 127 Å². The lowest BCUT2D eigenvalue weighted by atomic mass is 9.59. The summed E-state index contributed by atoms with van der Waals surface area (Å²) in [7, 11) is 0. The molecular formula is C53H32FNO2. The van der Waals surface area contributed by atoms with E-state index in [1.807, 2.05) is 59.5 Å². The Morgan fingerprint density at radius 3 is 1.67 bits per heavy atom. The number of hydrogen-bond donors (Lipinski definition) is 0. The Bertz CT molecular complexity index is 3340. The van der Waals surface area contributed by atoms with Gasteiger partial charge in [-0.25, -0.2) is 4.39 Å². The highest BCUT2D eigenvalue weighted by Gasteiger charge is 2.45. The van der Waals surface area contributed by atoms with Crippen molar-refractivity contribution in [1.82, 2.24) is 0 Å². The fraction of sp³-hybridized carbons (Fsp3) is 0.0189. The van der Waals surface area contributed by atoms with Gasteiger partial charge in [-0.05, 0) is 69.6 Å². The predicted octanol–water partition coefficient (Wildman–Crippen LogP) is 14.6. The van der Waals surface area contributed by atoms with Gasteiger partial charge in [-0.3, -0.25) is 0 Å². The van der Waals surface area contributed by atoms with Gasteiger partial charge < -0.3 is 13.7 Å². The molecule has 0 aliphatic heterocycles. The van der Waals surface area contributed by atoms with Gasteiger partial charge in [-0.1, -0.05) is 158 Å². The molecule has 0 saturated carbocycles. The number of rotatable bonds is 5. The molecule has 0 unspecified atom stereocenters. The summed E-state index contributed by atoms with van der Waals surface area (Å²) >= 11 is 0. The van der Waals surface area contributed by atoms with Crippen LogP contribution in [0.25, 0.3) is 65.8 Å². The molecule has 2 aromatic heterocycles. The number of halogens is 1. The van der Waals surface area contributed by atoms with Gasteiger partial charge in [0.15, 0.2) is 5.58 Å². The van der Waals surface area contributed by atoms with Gasteiger partial charge in [0.05, 0.1) is 22.5 Å². The summed E-state index contributed by atoms with van der Waals surface area (Å²) in [5, 5.41) is 6.21. The normalized spacial score (nSPS) is 13.1. The predicted molar refractivity (Wildman–Crippen MR) is 230 cm³/mol. The largest absolute Gasteiger partial charge is 0.455 e. The summed E-state index contributed by atoms with van der Waals surface area (Å²) in [5.41, 5.74) is 11.2. The average molecular weight is 734 g/mol. The molecule has 0 N–H and O–H groups in total. The van der Waals surface area contributed by atoms with Gasteiger partial charge >= 0.3 is 0 Å². The van der Waals surface area contributed by atoms with E-state index < -0.39 is 5.41 Å². The molecule has 3 nitrogen and oxygen atoms in total. The third kappa shape index (κ3) is 4.35. The van der Waals surface area contributed by atoms with E-state index in [0.717, 1.165) is 93.8 Å². The van der Waals surface area contributed by atoms with Crippen LogP contribution in [0.1, 0.15) is 22.3 Å². The molecule has 11 aromatic rings. The number of hydrogen-bond acceptors (Lipinski definition) is 3. The molecule has 9 aromatic carbocycles. The zero-order chi connectivity index (χ0) is 37.7. The molecule has 1 aliphatic rings. The van der Waals surface area contributed by atoms with Gasteiger partial charge in [-0.15, -0.1) is 0 Å². The highest BCUT2D eigenvalue weighted by Crippen LogP contribution is 2.59. The van der Waals surface area contributed by atoms with Crippen LogP contribution in [0, 0.1) is 5.82 Å². The SMILES string of the molecule is Fc1ccccc1N(c1ccc2c3c(cccc13)C(c1ccccc1)(c1ccccc1)c1ccc3c(oc4ccccc43)c1-2)c1cccc2c1oc1ccccc12. The molecule has 1 aliphatic carbocycles. The Kier molecular flexibility index (Phi) is 6.73. The molecular weight excluding hydrogens is 702 g/mol. The van der Waals surface area contributed by atoms with E-state index >= 15 is 4.39 Å². The van der Waals surface area contributed by atoms with Gasteiger partial charge in [0, 0.05) is 32.5 Å². The van der Waals surface area contributed by atoms with Crippen LogP contribution in [0.2, 0.25) is 0 Å². The molecule has 0 saturated heterocycles. The zero-order valence-electron chi connectivity index (χ0n) is 30.6. The number of nitrogens with zero attached hydrogens (tertiary/aromatic N) is 1. The second kappa shape index (κ2) is 12.0. The summed E-state index contributed by atoms with van der Waals surface area (Å²) in [6, 6.07) is 66.5. The molecule has 0 bridgehead atoms. The summed E-state index contributed by atoms with van der Waals surface area (Å²) in [5.74, 6) is -0.330. The summed E-state index contributed by atoms with van der Waals surface area (Å²) in [6.45, 7) is 0. The summed E-state index contributed by atoms with van der Waals surface area (Å²) in [4.78, 5) is 2.03. The number of furan rings is 2. The monoisotopic (exact) mass is 733 g/mol. The van der Waals surface area contributed by atoms with E-state index in [9.17, 15) is 0 Å². The number of fused-ring (bicyclic) bond motifs is 9. The Morgan fingerprint density at radius 2 is 0.947 bits per heavy atom. The fourth-order valence-electron chi connectivity index (χ4n) is 9.72. The third-order valence-electron chi connectivity index (χ3n) is 12.0. The molecule has 0 radical (unpaired) electrons. The third-order valence-corrected chi connectivity index (χ3v) is 12.0. The lowest BCUT2D eigenvalue weighted by Gasteiger charge is -2.42. The Morgan fingerprint density at radius 1 is 0.386 bits per heavy atom. The molecule has 4 heteroatoms. The first-order valence-electron chi connectivity index (χ1n) is 19.3. The Hall–Kier alpha value is -7.43. The fourth-order valence-corrected chi connectivity index (χ4v) is 9.72. The van der Waals surface area contributed by atoms with Crippen LogP contribution in [0.4, 0.5) is 21.5 Å². The number of para-hydroxylation sites is 4. The molecule has 0 amide bonds. The van der Waals surface area contributed by atoms with Crippen molar-refractivity contribution in [3.05, 3.63) is 222 Å². The maximum Gasteiger partial charge on any atom is 0.159 e. The van der Waals surface area contributed by atoms with Crippen molar-refractivity contribution in [1.29, 1.82) is 0 Å². The molecule has 268 valence electrons. The van der Waals surface area contributed by atoms with Gasteiger partial charge in [0.1, 0.15) is 22.6 Å². The average Bonchev–Trinajstić information content (AvgIpc) is 3.85. The minimum absolute atomic E-state index is 0.330. The maximum absolute atomic E-state index is 16.4. The van der Waals surface area contributed by atoms with E-state index in [1.54, 1.807) is 6.07 Å². The van der Waals surface area contributed by atoms with E-state index in [1.165, 1.54) is 6.07 Å². The molecule has 0 atom stereocenters. The van der Waals surface area contributed by atoms with E-state index in [-0.39, 0.29) is 5.82 Å². The molecule has 12 rings (SSSR count). The minimum atomic E-state index is -0.724. The van der Waals surface area contributed by atoms with Crippen molar-refractivity contribution < 1.29 is 13.2 Å². The van der Waals surface area contributed by atoms with Crippen molar-refractivity contribution in [2.24, 2.45) is 0 Å². The number of benzene rings is 9. The van der Waals surface area contributed by atoms with Crippen LogP contribution in [-0.2, 0) is 5.41 Å². The second-order valence-corrected chi connectivity index (χ2v) is 14.8. The lowest BCUT2D eigenvalue weighted by molar-refractivity contribution is 0.628. The van der Waals surface area contributed by atoms with Gasteiger partial charge in [0.25, 0.3) is 0 Å². The van der Waals surface area contributed by atoms with E-state index in [4.69, 9.17) is 8.83 Å². The van der Waals surface area contributed by atoms with Crippen LogP contribution < -0.4 is 4.90 Å². The van der Waals surface area contributed by atoms with Gasteiger partial charge in [-0.2, -0.15) is 0 Å². The summed E-state index contributed by atoms with van der Waals surface area (Å²) in [6.07, 6.45) is 0. The van der Waals surface area contributed by atoms with Crippen LogP contribution in [0.5, 0.6) is 0 Å². The first kappa shape index (κ1) is 31.9. The maximum atomic E-state index is 16.4. The molecule has 0 fully saturated rings. The van der Waals surface area contributed by atoms with Crippen molar-refractivity contribution in [3.63, 3.8) is 0 Å². The molecule has 2 heterocycles. The minimum Gasteiger partial charge on any atom is -0.455 e. The van der Waals surface area contributed by atoms with Gasteiger partial charge in [0.2, 0.25) is 0 Å². The second-order valence-electron chi connectivity index (χ2n) is 14.8. The topological polar surface area (TPSA) is 29.5 Å². The Labute approximate surface area is 327 Å². The first-order chi connectivity index (χ1) is 28.2. The molecule has 0 spiro atoms. The van der Waals surface area contributed by atoms with Crippen molar-refractivity contribution in [3.8, 4) is 11.1 Å². The van der Waals surface area contributed by atoms with Crippen LogP contribution in [-0.4, -0.2) is 0 Å². The first-order valence-corrected chi connectivity index (χ1v) is 19.3. The van der Waals surface area contributed by atoms with Crippen molar-refractivity contribution >= 4 is 71.7 Å². The highest BCUT2D eigenvalue weighted by atomic mass is 19.1.